The summed E-state index contributed by atoms with van der Waals surface area (Å²) in [4.78, 5) is 16.8. The maximum atomic E-state index is 12.2. The number of nitrogens with one attached hydrogen (secondary N) is 1. The van der Waals surface area contributed by atoms with E-state index in [0.29, 0.717) is 11.9 Å². The van der Waals surface area contributed by atoms with Crippen molar-refractivity contribution in [2.45, 2.75) is 6.42 Å². The zero-order valence-corrected chi connectivity index (χ0v) is 15.2. The largest absolute Gasteiger partial charge is 0.331 e. The van der Waals surface area contributed by atoms with Crippen LogP contribution in [0.5, 0.6) is 0 Å². The number of hydrogen-bond donors (Lipinski definition) is 2. The number of fused-ring (bicyclic) bond motifs is 1. The normalized spacial score (nSPS) is 11.6. The van der Waals surface area contributed by atoms with Crippen LogP contribution in [0.15, 0.2) is 48.5 Å². The number of nitrogens with two attached hydrogens (primary N) is 1. The van der Waals surface area contributed by atoms with E-state index >= 15 is 0 Å². The number of nitrogens with zero attached hydrogens (tertiary/aromatic N) is 2. The van der Waals surface area contributed by atoms with Crippen molar-refractivity contribution >= 4 is 27.0 Å². The van der Waals surface area contributed by atoms with Crippen LogP contribution in [0.1, 0.15) is 21.7 Å². The van der Waals surface area contributed by atoms with Crippen molar-refractivity contribution in [3.05, 3.63) is 65.5 Å². The maximum Gasteiger partial charge on any atom is 0.264 e. The summed E-state index contributed by atoms with van der Waals surface area (Å²) in [5.41, 5.74) is 8.13. The standard InChI is InChI=1S/C18H20N4O3S/c1-22-16-8-7-14(18(23)21-26(24,25)10-9-19)12-15(16)20-17(22)11-13-5-3-2-4-6-13/h2-8,12H,9-11,19H2,1H3,(H,21,23). The summed E-state index contributed by atoms with van der Waals surface area (Å²) in [7, 11) is -1.81. The highest BCUT2D eigenvalue weighted by atomic mass is 32.2. The Labute approximate surface area is 151 Å². The van der Waals surface area contributed by atoms with Gasteiger partial charge in [-0.2, -0.15) is 0 Å². The molecular formula is C18H20N4O3S. The predicted octanol–water partition coefficient (Wildman–Crippen LogP) is 1.18. The first-order chi connectivity index (χ1) is 12.4. The molecule has 1 amide bonds. The molecule has 0 bridgehead atoms. The van der Waals surface area contributed by atoms with E-state index in [1.54, 1.807) is 18.2 Å². The number of aromatic nitrogens is 2. The number of amides is 1. The summed E-state index contributed by atoms with van der Waals surface area (Å²) in [6.07, 6.45) is 0.665. The minimum absolute atomic E-state index is 0.0509. The number of hydrogen-bond acceptors (Lipinski definition) is 5. The highest BCUT2D eigenvalue weighted by molar-refractivity contribution is 7.90. The second-order valence-corrected chi connectivity index (χ2v) is 7.83. The molecule has 0 saturated carbocycles. The maximum absolute atomic E-state index is 12.2. The van der Waals surface area contributed by atoms with Gasteiger partial charge in [-0.3, -0.25) is 4.79 Å². The molecule has 1 heterocycles. The van der Waals surface area contributed by atoms with Crippen LogP contribution in [0.25, 0.3) is 11.0 Å². The third-order valence-corrected chi connectivity index (χ3v) is 5.35. The highest BCUT2D eigenvalue weighted by Gasteiger charge is 2.17. The number of rotatable bonds is 6. The lowest BCUT2D eigenvalue weighted by molar-refractivity contribution is 0.0981. The van der Waals surface area contributed by atoms with Crippen LogP contribution in [-0.2, 0) is 23.5 Å². The third kappa shape index (κ3) is 3.92. The van der Waals surface area contributed by atoms with Gasteiger partial charge < -0.3 is 10.3 Å². The van der Waals surface area contributed by atoms with Crippen LogP contribution < -0.4 is 10.5 Å². The van der Waals surface area contributed by atoms with Crippen molar-refractivity contribution in [2.24, 2.45) is 12.8 Å². The van der Waals surface area contributed by atoms with Gasteiger partial charge in [0.15, 0.2) is 0 Å². The molecule has 0 fully saturated rings. The van der Waals surface area contributed by atoms with Gasteiger partial charge in [-0.15, -0.1) is 0 Å². The highest BCUT2D eigenvalue weighted by Crippen LogP contribution is 2.19. The average molecular weight is 372 g/mol. The number of imidazole rings is 1. The van der Waals surface area contributed by atoms with E-state index in [2.05, 4.69) is 4.98 Å². The molecular weight excluding hydrogens is 352 g/mol. The fraction of sp³-hybridized carbons (Fsp3) is 0.222. The van der Waals surface area contributed by atoms with E-state index in [4.69, 9.17) is 5.73 Å². The van der Waals surface area contributed by atoms with Crippen LogP contribution in [0, 0.1) is 0 Å². The Kier molecular flexibility index (Phi) is 5.06. The van der Waals surface area contributed by atoms with Crippen LogP contribution in [0.2, 0.25) is 0 Å². The minimum Gasteiger partial charge on any atom is -0.331 e. The van der Waals surface area contributed by atoms with Gasteiger partial charge in [-0.05, 0) is 23.8 Å². The predicted molar refractivity (Wildman–Crippen MR) is 100 cm³/mol. The van der Waals surface area contributed by atoms with E-state index in [-0.39, 0.29) is 17.9 Å². The smallest absolute Gasteiger partial charge is 0.264 e. The molecule has 3 rings (SSSR count). The SMILES string of the molecule is Cn1c(Cc2ccccc2)nc2cc(C(=O)NS(=O)(=O)CCN)ccc21. The molecule has 1 aromatic heterocycles. The first-order valence-electron chi connectivity index (χ1n) is 8.14. The van der Waals surface area contributed by atoms with Gasteiger partial charge in [0.05, 0.1) is 16.8 Å². The van der Waals surface area contributed by atoms with Crippen LogP contribution in [0.3, 0.4) is 0 Å². The summed E-state index contributed by atoms with van der Waals surface area (Å²) < 4.78 is 27.4. The Balaban J connectivity index is 1.88. The summed E-state index contributed by atoms with van der Waals surface area (Å²) in [6.45, 7) is -0.0509. The molecule has 0 aliphatic heterocycles. The van der Waals surface area contributed by atoms with Gasteiger partial charge >= 0.3 is 0 Å². The Morgan fingerprint density at radius 3 is 2.62 bits per heavy atom. The topological polar surface area (TPSA) is 107 Å². The molecule has 0 aliphatic rings. The molecule has 136 valence electrons. The number of aryl methyl sites for hydroxylation is 1. The number of carbonyl (C=O) groups excluding carboxylic acids is 1. The van der Waals surface area contributed by atoms with E-state index < -0.39 is 15.9 Å². The molecule has 0 radical (unpaired) electrons. The summed E-state index contributed by atoms with van der Waals surface area (Å²) in [6, 6.07) is 14.9. The van der Waals surface area contributed by atoms with Gasteiger partial charge in [-0.25, -0.2) is 18.1 Å². The average Bonchev–Trinajstić information content (AvgIpc) is 2.90. The first-order valence-corrected chi connectivity index (χ1v) is 9.79. The van der Waals surface area contributed by atoms with Crippen LogP contribution in [0.4, 0.5) is 0 Å². The van der Waals surface area contributed by atoms with E-state index in [9.17, 15) is 13.2 Å². The van der Waals surface area contributed by atoms with Crippen molar-refractivity contribution in [1.29, 1.82) is 0 Å². The summed E-state index contributed by atoms with van der Waals surface area (Å²) in [5, 5.41) is 0. The van der Waals surface area contributed by atoms with Gasteiger partial charge in [0.1, 0.15) is 5.82 Å². The Morgan fingerprint density at radius 2 is 1.92 bits per heavy atom. The zero-order chi connectivity index (χ0) is 18.7. The lowest BCUT2D eigenvalue weighted by atomic mass is 10.1. The monoisotopic (exact) mass is 372 g/mol. The lowest BCUT2D eigenvalue weighted by Crippen LogP contribution is -2.34. The molecule has 0 atom stereocenters. The molecule has 0 spiro atoms. The Bertz CT molecular complexity index is 1040. The van der Waals surface area contributed by atoms with Crippen molar-refractivity contribution in [3.8, 4) is 0 Å². The second-order valence-electron chi connectivity index (χ2n) is 5.99. The Hall–Kier alpha value is -2.71. The molecule has 0 aliphatic carbocycles. The second kappa shape index (κ2) is 7.27. The minimum atomic E-state index is -3.73. The van der Waals surface area contributed by atoms with Crippen molar-refractivity contribution < 1.29 is 13.2 Å². The quantitative estimate of drug-likeness (QED) is 0.676. The van der Waals surface area contributed by atoms with Crippen LogP contribution >= 0.6 is 0 Å². The number of benzene rings is 2. The summed E-state index contributed by atoms with van der Waals surface area (Å²) >= 11 is 0. The van der Waals surface area contributed by atoms with Crippen molar-refractivity contribution in [1.82, 2.24) is 14.3 Å². The van der Waals surface area contributed by atoms with Crippen molar-refractivity contribution in [2.75, 3.05) is 12.3 Å². The van der Waals surface area contributed by atoms with Gasteiger partial charge in [0.2, 0.25) is 10.0 Å². The number of sulfonamides is 1. The Morgan fingerprint density at radius 1 is 1.19 bits per heavy atom. The third-order valence-electron chi connectivity index (χ3n) is 4.08. The fourth-order valence-electron chi connectivity index (χ4n) is 2.73. The molecule has 7 nitrogen and oxygen atoms in total. The molecule has 3 aromatic rings. The van der Waals surface area contributed by atoms with E-state index in [1.807, 2.05) is 46.7 Å². The molecule has 8 heteroatoms. The van der Waals surface area contributed by atoms with Gasteiger partial charge in [-0.1, -0.05) is 30.3 Å². The molecule has 2 aromatic carbocycles. The van der Waals surface area contributed by atoms with Crippen LogP contribution in [-0.4, -0.2) is 36.2 Å². The van der Waals surface area contributed by atoms with E-state index in [1.165, 1.54) is 0 Å². The van der Waals surface area contributed by atoms with Gasteiger partial charge in [0.25, 0.3) is 5.91 Å². The number of carbonyl (C=O) groups is 1. The van der Waals surface area contributed by atoms with Gasteiger partial charge in [0, 0.05) is 25.6 Å². The lowest BCUT2D eigenvalue weighted by Gasteiger charge is -2.06. The first kappa shape index (κ1) is 18.1. The van der Waals surface area contributed by atoms with E-state index in [0.717, 1.165) is 16.9 Å². The fourth-order valence-corrected chi connectivity index (χ4v) is 3.55. The zero-order valence-electron chi connectivity index (χ0n) is 14.3. The molecule has 0 saturated heterocycles. The molecule has 3 N–H and O–H groups in total. The summed E-state index contributed by atoms with van der Waals surface area (Å²) in [5.74, 6) is -0.124. The molecule has 26 heavy (non-hydrogen) atoms. The van der Waals surface area contributed by atoms with Crippen molar-refractivity contribution in [3.63, 3.8) is 0 Å². The molecule has 0 unspecified atom stereocenters.